The molecule has 0 saturated heterocycles. The van der Waals surface area contributed by atoms with E-state index in [9.17, 15) is 0 Å². The molecule has 3 aromatic rings. The number of aryl methyl sites for hydroxylation is 1. The zero-order chi connectivity index (χ0) is 19.1. The van der Waals surface area contributed by atoms with E-state index in [0.717, 1.165) is 52.5 Å². The maximum atomic E-state index is 4.94. The van der Waals surface area contributed by atoms with Gasteiger partial charge in [0.1, 0.15) is 11.3 Å². The smallest absolute Gasteiger partial charge is 0.222 e. The summed E-state index contributed by atoms with van der Waals surface area (Å²) in [5.41, 5.74) is 6.07. The van der Waals surface area contributed by atoms with Gasteiger partial charge in [0.15, 0.2) is 5.65 Å². The predicted molar refractivity (Wildman–Crippen MR) is 113 cm³/mol. The van der Waals surface area contributed by atoms with E-state index < -0.39 is 0 Å². The number of hydrogen-bond donors (Lipinski definition) is 1. The fraction of sp³-hybridized carbons (Fsp3) is 0.429. The summed E-state index contributed by atoms with van der Waals surface area (Å²) < 4.78 is 2.19. The molecule has 0 amide bonds. The Morgan fingerprint density at radius 2 is 1.96 bits per heavy atom. The first kappa shape index (κ1) is 17.6. The van der Waals surface area contributed by atoms with Gasteiger partial charge in [0.25, 0.3) is 0 Å². The van der Waals surface area contributed by atoms with Crippen molar-refractivity contribution in [2.75, 3.05) is 11.9 Å². The molecule has 3 heterocycles. The number of aromatic nitrogens is 5. The quantitative estimate of drug-likeness (QED) is 0.711. The van der Waals surface area contributed by atoms with Gasteiger partial charge in [0, 0.05) is 39.2 Å². The highest BCUT2D eigenvalue weighted by atomic mass is 15.1. The van der Waals surface area contributed by atoms with Crippen LogP contribution in [0.25, 0.3) is 16.7 Å². The maximum absolute atomic E-state index is 4.94. The van der Waals surface area contributed by atoms with Crippen molar-refractivity contribution in [3.63, 3.8) is 0 Å². The lowest BCUT2D eigenvalue weighted by molar-refractivity contribution is 0.595. The standard InChI is InChI=1S/C21H26N6.2H2/c1-12(2)10-22-21-23-11-16-15(6-7-18(16)26-21)17-8-9-19-20(25-17)27(13(3)4)14(5)24-19;;/h6,8-9,11-13H,7,10H2,1-5H3,(H,22,23,26);2*1H. The molecule has 6 nitrogen and oxygen atoms in total. The monoisotopic (exact) mass is 366 g/mol. The van der Waals surface area contributed by atoms with Crippen molar-refractivity contribution in [2.45, 2.75) is 47.1 Å². The average molecular weight is 367 g/mol. The van der Waals surface area contributed by atoms with E-state index in [1.54, 1.807) is 0 Å². The van der Waals surface area contributed by atoms with Crippen LogP contribution in [0.2, 0.25) is 0 Å². The third-order valence-corrected chi connectivity index (χ3v) is 4.83. The molecular formula is C21H30N6. The lowest BCUT2D eigenvalue weighted by Gasteiger charge is -2.11. The number of nitrogens with one attached hydrogen (secondary N) is 1. The van der Waals surface area contributed by atoms with Crippen LogP contribution in [0.4, 0.5) is 5.95 Å². The second-order valence-electron chi connectivity index (χ2n) is 7.81. The summed E-state index contributed by atoms with van der Waals surface area (Å²) in [5, 5.41) is 3.30. The van der Waals surface area contributed by atoms with Crippen molar-refractivity contribution in [3.8, 4) is 0 Å². The fourth-order valence-electron chi connectivity index (χ4n) is 3.58. The Bertz CT molecular complexity index is 1040. The van der Waals surface area contributed by atoms with Gasteiger partial charge in [-0.3, -0.25) is 0 Å². The summed E-state index contributed by atoms with van der Waals surface area (Å²) in [6.07, 6.45) is 4.93. The number of allylic oxidation sites excluding steroid dienone is 1. The zero-order valence-electron chi connectivity index (χ0n) is 16.6. The first-order valence-corrected chi connectivity index (χ1v) is 9.60. The molecule has 0 aromatic carbocycles. The summed E-state index contributed by atoms with van der Waals surface area (Å²) in [6, 6.07) is 4.42. The Morgan fingerprint density at radius 3 is 2.70 bits per heavy atom. The van der Waals surface area contributed by atoms with Gasteiger partial charge in [0.05, 0.1) is 11.4 Å². The van der Waals surface area contributed by atoms with Crippen molar-refractivity contribution in [2.24, 2.45) is 5.92 Å². The van der Waals surface area contributed by atoms with E-state index in [4.69, 9.17) is 9.97 Å². The topological polar surface area (TPSA) is 68.5 Å². The minimum Gasteiger partial charge on any atom is -0.354 e. The van der Waals surface area contributed by atoms with Crippen molar-refractivity contribution in [3.05, 3.63) is 47.2 Å². The van der Waals surface area contributed by atoms with E-state index in [1.165, 1.54) is 0 Å². The lowest BCUT2D eigenvalue weighted by atomic mass is 10.1. The van der Waals surface area contributed by atoms with E-state index in [0.29, 0.717) is 17.9 Å². The summed E-state index contributed by atoms with van der Waals surface area (Å²) in [7, 11) is 0. The Kier molecular flexibility index (Phi) is 4.42. The van der Waals surface area contributed by atoms with Crippen LogP contribution in [-0.4, -0.2) is 31.0 Å². The second kappa shape index (κ2) is 6.76. The number of rotatable bonds is 5. The van der Waals surface area contributed by atoms with Crippen LogP contribution in [0.5, 0.6) is 0 Å². The molecule has 6 heteroatoms. The van der Waals surface area contributed by atoms with Crippen LogP contribution in [0.15, 0.2) is 24.4 Å². The zero-order valence-corrected chi connectivity index (χ0v) is 16.6. The molecule has 3 aromatic heterocycles. The van der Waals surface area contributed by atoms with Gasteiger partial charge in [-0.2, -0.15) is 0 Å². The van der Waals surface area contributed by atoms with Gasteiger partial charge < -0.3 is 9.88 Å². The Hall–Kier alpha value is -2.76. The number of imidazole rings is 1. The van der Waals surface area contributed by atoms with Crippen molar-refractivity contribution < 1.29 is 2.85 Å². The van der Waals surface area contributed by atoms with Crippen LogP contribution in [0.1, 0.15) is 59.4 Å². The second-order valence-corrected chi connectivity index (χ2v) is 7.81. The van der Waals surface area contributed by atoms with Gasteiger partial charge >= 0.3 is 0 Å². The van der Waals surface area contributed by atoms with Gasteiger partial charge in [-0.15, -0.1) is 0 Å². The molecule has 1 aliphatic carbocycles. The molecule has 144 valence electrons. The number of anilines is 1. The minimum absolute atomic E-state index is 0. The van der Waals surface area contributed by atoms with Crippen LogP contribution < -0.4 is 5.32 Å². The van der Waals surface area contributed by atoms with E-state index in [1.807, 2.05) is 19.2 Å². The van der Waals surface area contributed by atoms with Gasteiger partial charge in [-0.25, -0.2) is 19.9 Å². The Labute approximate surface area is 162 Å². The summed E-state index contributed by atoms with van der Waals surface area (Å²) in [5.74, 6) is 2.25. The van der Waals surface area contributed by atoms with Crippen LogP contribution >= 0.6 is 0 Å². The predicted octanol–water partition coefficient (Wildman–Crippen LogP) is 4.66. The molecule has 0 bridgehead atoms. The summed E-state index contributed by atoms with van der Waals surface area (Å²) >= 11 is 0. The van der Waals surface area contributed by atoms with E-state index >= 15 is 0 Å². The molecule has 0 fully saturated rings. The number of fused-ring (bicyclic) bond motifs is 2. The average Bonchev–Trinajstić information content (AvgIpc) is 3.18. The molecule has 4 rings (SSSR count). The Balaban J connectivity index is 0.00000150. The summed E-state index contributed by atoms with van der Waals surface area (Å²) in [4.78, 5) is 18.8. The molecule has 0 atom stereocenters. The molecule has 0 saturated carbocycles. The molecule has 0 aliphatic heterocycles. The number of nitrogens with zero attached hydrogens (tertiary/aromatic N) is 5. The first-order valence-electron chi connectivity index (χ1n) is 9.60. The van der Waals surface area contributed by atoms with Crippen LogP contribution in [0.3, 0.4) is 0 Å². The van der Waals surface area contributed by atoms with E-state index in [-0.39, 0.29) is 2.85 Å². The SMILES string of the molecule is Cc1nc2ccc(C3=CCc4nc(NCC(C)C)ncc43)nc2n1C(C)C.[HH].[HH]. The van der Waals surface area contributed by atoms with Crippen molar-refractivity contribution >= 4 is 22.7 Å². The molecule has 0 spiro atoms. The summed E-state index contributed by atoms with van der Waals surface area (Å²) in [6.45, 7) is 11.6. The maximum Gasteiger partial charge on any atom is 0.222 e. The third kappa shape index (κ3) is 3.20. The highest BCUT2D eigenvalue weighted by molar-refractivity contribution is 5.85. The highest BCUT2D eigenvalue weighted by Gasteiger charge is 2.21. The largest absolute Gasteiger partial charge is 0.354 e. The van der Waals surface area contributed by atoms with Gasteiger partial charge in [0.2, 0.25) is 5.95 Å². The Morgan fingerprint density at radius 1 is 1.15 bits per heavy atom. The first-order chi connectivity index (χ1) is 12.9. The van der Waals surface area contributed by atoms with Crippen LogP contribution in [-0.2, 0) is 6.42 Å². The molecule has 0 radical (unpaired) electrons. The fourth-order valence-corrected chi connectivity index (χ4v) is 3.58. The van der Waals surface area contributed by atoms with Crippen molar-refractivity contribution in [1.29, 1.82) is 0 Å². The number of hydrogen-bond acceptors (Lipinski definition) is 5. The molecule has 1 N–H and O–H groups in total. The van der Waals surface area contributed by atoms with Gasteiger partial charge in [-0.05, 0) is 38.8 Å². The molecule has 0 unspecified atom stereocenters. The molecule has 1 aliphatic rings. The normalized spacial score (nSPS) is 13.5. The number of pyridine rings is 1. The third-order valence-electron chi connectivity index (χ3n) is 4.83. The molecule has 27 heavy (non-hydrogen) atoms. The lowest BCUT2D eigenvalue weighted by Crippen LogP contribution is -2.11. The minimum atomic E-state index is 0. The molecular weight excluding hydrogens is 336 g/mol. The van der Waals surface area contributed by atoms with Crippen LogP contribution in [0, 0.1) is 12.8 Å². The van der Waals surface area contributed by atoms with E-state index in [2.05, 4.69) is 59.7 Å². The van der Waals surface area contributed by atoms with Gasteiger partial charge in [-0.1, -0.05) is 19.9 Å². The highest BCUT2D eigenvalue weighted by Crippen LogP contribution is 2.32. The van der Waals surface area contributed by atoms with Crippen molar-refractivity contribution in [1.82, 2.24) is 24.5 Å².